The molecule has 0 aliphatic rings. The second-order valence-electron chi connectivity index (χ2n) is 8.00. The first-order chi connectivity index (χ1) is 19.8. The zero-order chi connectivity index (χ0) is 29.2. The van der Waals surface area contributed by atoms with Crippen LogP contribution >= 0.6 is 0 Å². The molecule has 0 radical (unpaired) electrons. The Hall–Kier alpha value is -4.38. The first kappa shape index (κ1) is 30.2. The van der Waals surface area contributed by atoms with Crippen LogP contribution < -0.4 is 0 Å². The standard InChI is InChI=1S/C27H18N4O.4C2H6/c1-17-28-29-27(32-17)31-24-14-8-6-12-20(24)22-16-15-21-19-11-5-7-13-23(19)30(25(21)26(22)31)18-9-3-2-4-10-18;4*1-2/h2-16H,1H3;4*1-2H3. The summed E-state index contributed by atoms with van der Waals surface area (Å²) in [5.74, 6) is 0.543. The first-order valence-corrected chi connectivity index (χ1v) is 14.6. The predicted molar refractivity (Wildman–Crippen MR) is 173 cm³/mol. The lowest BCUT2D eigenvalue weighted by molar-refractivity contribution is 0.502. The maximum absolute atomic E-state index is 5.94. The summed E-state index contributed by atoms with van der Waals surface area (Å²) in [6.45, 7) is 17.8. The second kappa shape index (κ2) is 14.1. The third kappa shape index (κ3) is 5.12. The summed E-state index contributed by atoms with van der Waals surface area (Å²) in [4.78, 5) is 0. The largest absolute Gasteiger partial charge is 0.408 e. The van der Waals surface area contributed by atoms with Crippen LogP contribution in [0.3, 0.4) is 0 Å². The van der Waals surface area contributed by atoms with Crippen LogP contribution in [0.4, 0.5) is 0 Å². The zero-order valence-corrected chi connectivity index (χ0v) is 25.4. The van der Waals surface area contributed by atoms with Gasteiger partial charge in [-0.05, 0) is 24.3 Å². The van der Waals surface area contributed by atoms with Gasteiger partial charge in [0.1, 0.15) is 0 Å². The number of rotatable bonds is 2. The minimum absolute atomic E-state index is 0.478. The lowest BCUT2D eigenvalue weighted by atomic mass is 10.1. The highest BCUT2D eigenvalue weighted by Gasteiger charge is 2.22. The highest BCUT2D eigenvalue weighted by Crippen LogP contribution is 2.41. The molecule has 0 bridgehead atoms. The molecule has 0 atom stereocenters. The molecule has 0 N–H and O–H groups in total. The maximum Gasteiger partial charge on any atom is 0.327 e. The molecule has 0 saturated carbocycles. The number of hydrogen-bond acceptors (Lipinski definition) is 3. The van der Waals surface area contributed by atoms with E-state index >= 15 is 0 Å². The summed E-state index contributed by atoms with van der Waals surface area (Å²) in [7, 11) is 0. The summed E-state index contributed by atoms with van der Waals surface area (Å²) < 4.78 is 10.4. The van der Waals surface area contributed by atoms with Crippen molar-refractivity contribution in [2.75, 3.05) is 0 Å². The number of aryl methyl sites for hydroxylation is 1. The Kier molecular flexibility index (Phi) is 10.7. The zero-order valence-electron chi connectivity index (χ0n) is 25.4. The summed E-state index contributed by atoms with van der Waals surface area (Å²) in [5, 5.41) is 13.2. The van der Waals surface area contributed by atoms with Gasteiger partial charge in [-0.3, -0.25) is 4.57 Å². The van der Waals surface area contributed by atoms with Crippen LogP contribution in [0, 0.1) is 6.92 Å². The van der Waals surface area contributed by atoms with Crippen molar-refractivity contribution < 1.29 is 4.42 Å². The van der Waals surface area contributed by atoms with Crippen molar-refractivity contribution in [2.45, 2.75) is 62.3 Å². The monoisotopic (exact) mass is 534 g/mol. The van der Waals surface area contributed by atoms with Crippen LogP contribution in [0.25, 0.3) is 55.3 Å². The van der Waals surface area contributed by atoms with Crippen molar-refractivity contribution >= 4 is 43.6 Å². The normalized spacial score (nSPS) is 10.1. The number of hydrogen-bond donors (Lipinski definition) is 0. The molecule has 3 heterocycles. The quantitative estimate of drug-likeness (QED) is 0.222. The first-order valence-electron chi connectivity index (χ1n) is 14.6. The van der Waals surface area contributed by atoms with E-state index in [4.69, 9.17) is 4.42 Å². The summed E-state index contributed by atoms with van der Waals surface area (Å²) in [6, 6.07) is 32.3. The van der Waals surface area contributed by atoms with E-state index in [1.165, 1.54) is 16.3 Å². The molecule has 5 heteroatoms. The highest BCUT2D eigenvalue weighted by atomic mass is 16.4. The predicted octanol–water partition coefficient (Wildman–Crippen LogP) is 10.7. The van der Waals surface area contributed by atoms with Gasteiger partial charge in [0.05, 0.1) is 22.1 Å². The van der Waals surface area contributed by atoms with Crippen molar-refractivity contribution in [3.63, 3.8) is 0 Å². The van der Waals surface area contributed by atoms with Crippen LogP contribution in [0.15, 0.2) is 95.4 Å². The number of aromatic nitrogens is 4. The second-order valence-corrected chi connectivity index (χ2v) is 8.00. The average molecular weight is 535 g/mol. The van der Waals surface area contributed by atoms with Crippen molar-refractivity contribution in [3.05, 3.63) is 96.9 Å². The summed E-state index contributed by atoms with van der Waals surface area (Å²) in [5.41, 5.74) is 5.52. The molecule has 0 amide bonds. The molecule has 3 aromatic heterocycles. The molecule has 4 aromatic carbocycles. The number of benzene rings is 4. The number of nitrogens with zero attached hydrogens (tertiary/aromatic N) is 4. The molecule has 208 valence electrons. The Balaban J connectivity index is 0.000000510. The Morgan fingerprint density at radius 1 is 0.475 bits per heavy atom. The summed E-state index contributed by atoms with van der Waals surface area (Å²) in [6.07, 6.45) is 0. The SMILES string of the molecule is CC.CC.CC.CC.Cc1nnc(-n2c3ccccc3c3ccc4c5ccccc5n(-c5ccccc5)c4c32)o1. The third-order valence-corrected chi connectivity index (χ3v) is 6.19. The van der Waals surface area contributed by atoms with Crippen molar-refractivity contribution in [3.8, 4) is 11.7 Å². The number of fused-ring (bicyclic) bond motifs is 7. The summed E-state index contributed by atoms with van der Waals surface area (Å²) >= 11 is 0. The molecule has 0 aliphatic heterocycles. The third-order valence-electron chi connectivity index (χ3n) is 6.19. The van der Waals surface area contributed by atoms with E-state index in [0.717, 1.165) is 33.0 Å². The van der Waals surface area contributed by atoms with E-state index in [1.807, 2.05) is 74.4 Å². The van der Waals surface area contributed by atoms with Crippen molar-refractivity contribution in [2.24, 2.45) is 0 Å². The fraction of sp³-hybridized carbons (Fsp3) is 0.257. The minimum Gasteiger partial charge on any atom is -0.408 e. The lowest BCUT2D eigenvalue weighted by Gasteiger charge is -2.10. The highest BCUT2D eigenvalue weighted by molar-refractivity contribution is 6.23. The Morgan fingerprint density at radius 3 is 1.43 bits per heavy atom. The van der Waals surface area contributed by atoms with Crippen molar-refractivity contribution in [1.82, 2.24) is 19.3 Å². The van der Waals surface area contributed by atoms with Gasteiger partial charge >= 0.3 is 6.01 Å². The molecular weight excluding hydrogens is 492 g/mol. The molecule has 0 fully saturated rings. The van der Waals surface area contributed by atoms with E-state index in [9.17, 15) is 0 Å². The van der Waals surface area contributed by atoms with Crippen LogP contribution in [0.2, 0.25) is 0 Å². The molecular formula is C35H42N4O. The average Bonchev–Trinajstić information content (AvgIpc) is 3.73. The topological polar surface area (TPSA) is 48.8 Å². The Morgan fingerprint density at radius 2 is 0.925 bits per heavy atom. The van der Waals surface area contributed by atoms with Crippen LogP contribution in [-0.2, 0) is 0 Å². The molecule has 0 aliphatic carbocycles. The molecule has 40 heavy (non-hydrogen) atoms. The van der Waals surface area contributed by atoms with Crippen LogP contribution in [0.1, 0.15) is 61.3 Å². The van der Waals surface area contributed by atoms with E-state index in [2.05, 4.69) is 98.2 Å². The van der Waals surface area contributed by atoms with Gasteiger partial charge in [0, 0.05) is 34.2 Å². The van der Waals surface area contributed by atoms with Gasteiger partial charge < -0.3 is 8.98 Å². The molecule has 0 unspecified atom stereocenters. The van der Waals surface area contributed by atoms with Gasteiger partial charge in [-0.25, -0.2) is 0 Å². The minimum atomic E-state index is 0.478. The van der Waals surface area contributed by atoms with E-state index < -0.39 is 0 Å². The molecule has 7 rings (SSSR count). The van der Waals surface area contributed by atoms with E-state index in [1.54, 1.807) is 0 Å². The van der Waals surface area contributed by atoms with Crippen LogP contribution in [-0.4, -0.2) is 19.3 Å². The van der Waals surface area contributed by atoms with Gasteiger partial charge in [-0.15, -0.1) is 5.10 Å². The van der Waals surface area contributed by atoms with Crippen LogP contribution in [0.5, 0.6) is 0 Å². The fourth-order valence-corrected chi connectivity index (χ4v) is 4.92. The molecule has 0 saturated heterocycles. The fourth-order valence-electron chi connectivity index (χ4n) is 4.92. The van der Waals surface area contributed by atoms with Gasteiger partial charge in [0.25, 0.3) is 0 Å². The van der Waals surface area contributed by atoms with Gasteiger partial charge in [0.15, 0.2) is 0 Å². The molecule has 0 spiro atoms. The molecule has 7 aromatic rings. The Bertz CT molecular complexity index is 1790. The Labute approximate surface area is 238 Å². The maximum atomic E-state index is 5.94. The van der Waals surface area contributed by atoms with Crippen molar-refractivity contribution in [1.29, 1.82) is 0 Å². The lowest BCUT2D eigenvalue weighted by Crippen LogP contribution is -1.98. The number of para-hydroxylation sites is 3. The van der Waals surface area contributed by atoms with Gasteiger partial charge in [-0.1, -0.05) is 127 Å². The smallest absolute Gasteiger partial charge is 0.327 e. The van der Waals surface area contributed by atoms with E-state index in [0.29, 0.717) is 11.9 Å². The van der Waals surface area contributed by atoms with Gasteiger partial charge in [0.2, 0.25) is 5.89 Å². The van der Waals surface area contributed by atoms with E-state index in [-0.39, 0.29) is 0 Å². The molecule has 5 nitrogen and oxygen atoms in total. The van der Waals surface area contributed by atoms with Gasteiger partial charge in [-0.2, -0.15) is 0 Å².